The predicted molar refractivity (Wildman–Crippen MR) is 154 cm³/mol. The number of esters is 1. The molecule has 6 heteroatoms. The first-order valence-electron chi connectivity index (χ1n) is 14.1. The minimum atomic E-state index is -0.826. The molecule has 2 aromatic carbocycles. The SMILES string of the molecule is CCc1nc2c(C)cc(C)nc2n1Cc1ccc(OC(C(=O)OC)c2ccccc2)c(C2(C)CCCCC2)c1. The fraction of sp³-hybridized carbons (Fsp3) is 0.424. The number of methoxy groups -OCH3 is 1. The number of hydrogen-bond acceptors (Lipinski definition) is 5. The fourth-order valence-corrected chi connectivity index (χ4v) is 6.03. The summed E-state index contributed by atoms with van der Waals surface area (Å²) >= 11 is 0. The molecule has 0 saturated heterocycles. The Morgan fingerprint density at radius 1 is 1.03 bits per heavy atom. The van der Waals surface area contributed by atoms with Gasteiger partial charge < -0.3 is 14.0 Å². The van der Waals surface area contributed by atoms with Crippen LogP contribution in [-0.4, -0.2) is 27.6 Å². The Hall–Kier alpha value is -3.67. The van der Waals surface area contributed by atoms with Gasteiger partial charge in [0.05, 0.1) is 13.7 Å². The zero-order chi connectivity index (χ0) is 27.6. The second-order valence-electron chi connectivity index (χ2n) is 11.1. The van der Waals surface area contributed by atoms with E-state index in [0.717, 1.165) is 64.4 Å². The second kappa shape index (κ2) is 11.2. The van der Waals surface area contributed by atoms with E-state index in [4.69, 9.17) is 19.4 Å². The van der Waals surface area contributed by atoms with Crippen LogP contribution < -0.4 is 4.74 Å². The van der Waals surface area contributed by atoms with Gasteiger partial charge in [0.2, 0.25) is 6.10 Å². The number of nitrogens with zero attached hydrogens (tertiary/aromatic N) is 3. The van der Waals surface area contributed by atoms with Crippen molar-refractivity contribution in [3.63, 3.8) is 0 Å². The highest BCUT2D eigenvalue weighted by Gasteiger charge is 2.34. The van der Waals surface area contributed by atoms with Crippen molar-refractivity contribution in [3.05, 3.63) is 88.4 Å². The first-order valence-corrected chi connectivity index (χ1v) is 14.1. The molecule has 1 fully saturated rings. The molecule has 4 aromatic rings. The zero-order valence-electron chi connectivity index (χ0n) is 23.8. The van der Waals surface area contributed by atoms with E-state index in [1.165, 1.54) is 31.9 Å². The van der Waals surface area contributed by atoms with Gasteiger partial charge in [0, 0.05) is 23.2 Å². The van der Waals surface area contributed by atoms with E-state index < -0.39 is 12.1 Å². The molecule has 0 aliphatic heterocycles. The van der Waals surface area contributed by atoms with E-state index in [2.05, 4.69) is 43.5 Å². The lowest BCUT2D eigenvalue weighted by molar-refractivity contribution is -0.149. The van der Waals surface area contributed by atoms with E-state index >= 15 is 0 Å². The summed E-state index contributed by atoms with van der Waals surface area (Å²) in [6, 6.07) is 18.1. The Balaban J connectivity index is 1.58. The second-order valence-corrected chi connectivity index (χ2v) is 11.1. The van der Waals surface area contributed by atoms with Crippen LogP contribution in [0.5, 0.6) is 5.75 Å². The van der Waals surface area contributed by atoms with Gasteiger partial charge in [-0.2, -0.15) is 0 Å². The molecular formula is C33H39N3O3. The first kappa shape index (κ1) is 26.9. The van der Waals surface area contributed by atoms with Gasteiger partial charge in [-0.25, -0.2) is 14.8 Å². The van der Waals surface area contributed by atoms with Crippen LogP contribution in [-0.2, 0) is 27.9 Å². The number of carbonyl (C=O) groups is 1. The van der Waals surface area contributed by atoms with Crippen molar-refractivity contribution in [2.75, 3.05) is 7.11 Å². The lowest BCUT2D eigenvalue weighted by atomic mass is 9.70. The van der Waals surface area contributed by atoms with Gasteiger partial charge in [0.15, 0.2) is 5.65 Å². The molecule has 6 nitrogen and oxygen atoms in total. The smallest absolute Gasteiger partial charge is 0.351 e. The lowest BCUT2D eigenvalue weighted by Gasteiger charge is -2.36. The number of benzene rings is 2. The molecule has 204 valence electrons. The monoisotopic (exact) mass is 525 g/mol. The van der Waals surface area contributed by atoms with Crippen LogP contribution in [0.4, 0.5) is 0 Å². The van der Waals surface area contributed by atoms with E-state index in [9.17, 15) is 4.79 Å². The van der Waals surface area contributed by atoms with Crippen LogP contribution in [0.1, 0.15) is 85.8 Å². The molecule has 1 aliphatic carbocycles. The predicted octanol–water partition coefficient (Wildman–Crippen LogP) is 7.17. The normalized spacial score (nSPS) is 15.7. The summed E-state index contributed by atoms with van der Waals surface area (Å²) in [6.07, 6.45) is 5.82. The topological polar surface area (TPSA) is 66.2 Å². The quantitative estimate of drug-likeness (QED) is 0.228. The van der Waals surface area contributed by atoms with Crippen LogP contribution >= 0.6 is 0 Å². The molecule has 0 radical (unpaired) electrons. The van der Waals surface area contributed by atoms with Gasteiger partial charge in [-0.3, -0.25) is 0 Å². The van der Waals surface area contributed by atoms with Crippen molar-refractivity contribution < 1.29 is 14.3 Å². The highest BCUT2D eigenvalue weighted by Crippen LogP contribution is 2.44. The molecule has 0 spiro atoms. The molecular weight excluding hydrogens is 486 g/mol. The van der Waals surface area contributed by atoms with Crippen molar-refractivity contribution in [3.8, 4) is 5.75 Å². The highest BCUT2D eigenvalue weighted by molar-refractivity contribution is 5.77. The molecule has 5 rings (SSSR count). The van der Waals surface area contributed by atoms with Gasteiger partial charge in [0.1, 0.15) is 17.1 Å². The molecule has 39 heavy (non-hydrogen) atoms. The van der Waals surface area contributed by atoms with Crippen LogP contribution in [0, 0.1) is 13.8 Å². The summed E-state index contributed by atoms with van der Waals surface area (Å²) in [5.41, 5.74) is 7.14. The minimum Gasteiger partial charge on any atom is -0.474 e. The largest absolute Gasteiger partial charge is 0.474 e. The third kappa shape index (κ3) is 5.42. The number of imidazole rings is 1. The third-order valence-electron chi connectivity index (χ3n) is 8.17. The third-order valence-corrected chi connectivity index (χ3v) is 8.17. The molecule has 1 unspecified atom stereocenters. The summed E-state index contributed by atoms with van der Waals surface area (Å²) in [4.78, 5) is 22.7. The summed E-state index contributed by atoms with van der Waals surface area (Å²) in [5, 5.41) is 0. The first-order chi connectivity index (χ1) is 18.8. The molecule has 2 heterocycles. The van der Waals surface area contributed by atoms with Crippen LogP contribution in [0.15, 0.2) is 54.6 Å². The van der Waals surface area contributed by atoms with E-state index in [0.29, 0.717) is 6.54 Å². The summed E-state index contributed by atoms with van der Waals surface area (Å²) in [7, 11) is 1.41. The van der Waals surface area contributed by atoms with Gasteiger partial charge >= 0.3 is 5.97 Å². The fourth-order valence-electron chi connectivity index (χ4n) is 6.03. The molecule has 0 amide bonds. The average Bonchev–Trinajstić information content (AvgIpc) is 3.30. The number of pyridine rings is 1. The van der Waals surface area contributed by atoms with Crippen molar-refractivity contribution >= 4 is 17.1 Å². The van der Waals surface area contributed by atoms with Crippen molar-refractivity contribution in [2.24, 2.45) is 0 Å². The Morgan fingerprint density at radius 2 is 1.77 bits per heavy atom. The summed E-state index contributed by atoms with van der Waals surface area (Å²) in [5.74, 6) is 1.38. The standard InChI is InChI=1S/C33H39N3O3/c1-6-28-35-29-22(2)19-23(3)34-31(29)36(28)21-24-15-16-27(26(20-24)33(4)17-11-8-12-18-33)39-30(32(37)38-5)25-13-9-7-10-14-25/h7,9-10,13-16,19-20,30H,6,8,11-12,17-18,21H2,1-5H3. The van der Waals surface area contributed by atoms with E-state index in [-0.39, 0.29) is 5.41 Å². The molecule has 1 aliphatic rings. The summed E-state index contributed by atoms with van der Waals surface area (Å²) < 4.78 is 13.9. The minimum absolute atomic E-state index is 0.0308. The number of aryl methyl sites for hydroxylation is 3. The van der Waals surface area contributed by atoms with Gasteiger partial charge in [0.25, 0.3) is 0 Å². The summed E-state index contributed by atoms with van der Waals surface area (Å²) in [6.45, 7) is 9.30. The average molecular weight is 526 g/mol. The van der Waals surface area contributed by atoms with Gasteiger partial charge in [-0.15, -0.1) is 0 Å². The van der Waals surface area contributed by atoms with Gasteiger partial charge in [-0.05, 0) is 61.4 Å². The van der Waals surface area contributed by atoms with Crippen LogP contribution in [0.3, 0.4) is 0 Å². The Bertz CT molecular complexity index is 1470. The van der Waals surface area contributed by atoms with Crippen LogP contribution in [0.2, 0.25) is 0 Å². The Morgan fingerprint density at radius 3 is 2.46 bits per heavy atom. The van der Waals surface area contributed by atoms with Gasteiger partial charge in [-0.1, -0.05) is 69.5 Å². The number of hydrogen-bond donors (Lipinski definition) is 0. The zero-order valence-corrected chi connectivity index (χ0v) is 23.8. The molecule has 0 bridgehead atoms. The number of aromatic nitrogens is 3. The lowest BCUT2D eigenvalue weighted by Crippen LogP contribution is -2.28. The molecule has 0 N–H and O–H groups in total. The number of ether oxygens (including phenoxy) is 2. The van der Waals surface area contributed by atoms with Crippen molar-refractivity contribution in [1.82, 2.24) is 14.5 Å². The number of carbonyl (C=O) groups excluding carboxylic acids is 1. The highest BCUT2D eigenvalue weighted by atomic mass is 16.6. The maximum Gasteiger partial charge on any atom is 0.351 e. The maximum atomic E-state index is 12.8. The molecule has 1 saturated carbocycles. The maximum absolute atomic E-state index is 12.8. The number of rotatable bonds is 8. The van der Waals surface area contributed by atoms with E-state index in [1.54, 1.807) is 0 Å². The van der Waals surface area contributed by atoms with Crippen LogP contribution in [0.25, 0.3) is 11.2 Å². The Kier molecular flexibility index (Phi) is 7.74. The van der Waals surface area contributed by atoms with Crippen molar-refractivity contribution in [2.45, 2.75) is 84.3 Å². The molecule has 2 aromatic heterocycles. The number of fused-ring (bicyclic) bond motifs is 1. The van der Waals surface area contributed by atoms with Crippen molar-refractivity contribution in [1.29, 1.82) is 0 Å². The molecule has 1 atom stereocenters. The Labute approximate surface area is 231 Å². The van der Waals surface area contributed by atoms with E-state index in [1.807, 2.05) is 43.3 Å².